The summed E-state index contributed by atoms with van der Waals surface area (Å²) in [5, 5.41) is 3.96. The standard InChI is InChI=1S/C22H28Cl2N2O3S2/c1-16-6-8-19(13-17(16)2)26(31(3,28)29)11-4-5-22(27)25-10-12-30-15-18-7-9-20(23)21(24)14-18/h6-9,13-14H,4-5,10-12,15H2,1-3H3,(H,25,27). The summed E-state index contributed by atoms with van der Waals surface area (Å²) in [6.45, 7) is 4.75. The average Bonchev–Trinajstić information content (AvgIpc) is 2.69. The van der Waals surface area contributed by atoms with Crippen LogP contribution in [0, 0.1) is 13.8 Å². The van der Waals surface area contributed by atoms with Crippen molar-refractivity contribution in [3.63, 3.8) is 0 Å². The topological polar surface area (TPSA) is 66.5 Å². The largest absolute Gasteiger partial charge is 0.355 e. The van der Waals surface area contributed by atoms with Crippen LogP contribution in [0.5, 0.6) is 0 Å². The summed E-state index contributed by atoms with van der Waals surface area (Å²) in [7, 11) is -3.42. The van der Waals surface area contributed by atoms with Gasteiger partial charge in [0.15, 0.2) is 0 Å². The second-order valence-electron chi connectivity index (χ2n) is 7.36. The van der Waals surface area contributed by atoms with Gasteiger partial charge in [-0.15, -0.1) is 0 Å². The van der Waals surface area contributed by atoms with Gasteiger partial charge in [-0.25, -0.2) is 8.42 Å². The fourth-order valence-corrected chi connectivity index (χ4v) is 5.00. The minimum atomic E-state index is -3.42. The van der Waals surface area contributed by atoms with Crippen molar-refractivity contribution >= 4 is 56.6 Å². The molecule has 1 N–H and O–H groups in total. The highest BCUT2D eigenvalue weighted by molar-refractivity contribution is 7.98. The van der Waals surface area contributed by atoms with Crippen molar-refractivity contribution in [1.82, 2.24) is 5.32 Å². The lowest BCUT2D eigenvalue weighted by Crippen LogP contribution is -2.32. The number of hydrogen-bond acceptors (Lipinski definition) is 4. The van der Waals surface area contributed by atoms with Crippen molar-refractivity contribution < 1.29 is 13.2 Å². The molecule has 0 unspecified atom stereocenters. The number of hydrogen-bond donors (Lipinski definition) is 1. The Kier molecular flexibility index (Phi) is 10.0. The third-order valence-electron chi connectivity index (χ3n) is 4.77. The maximum Gasteiger partial charge on any atom is 0.232 e. The molecule has 0 heterocycles. The molecule has 0 aliphatic heterocycles. The van der Waals surface area contributed by atoms with E-state index in [2.05, 4.69) is 5.32 Å². The van der Waals surface area contributed by atoms with E-state index in [0.29, 0.717) is 28.7 Å². The second-order valence-corrected chi connectivity index (χ2v) is 11.2. The molecule has 1 amide bonds. The van der Waals surface area contributed by atoms with Crippen LogP contribution in [0.3, 0.4) is 0 Å². The Labute approximate surface area is 199 Å². The molecule has 0 saturated carbocycles. The van der Waals surface area contributed by atoms with Crippen LogP contribution in [-0.4, -0.2) is 39.4 Å². The Morgan fingerprint density at radius 3 is 2.45 bits per heavy atom. The van der Waals surface area contributed by atoms with Gasteiger partial charge < -0.3 is 5.32 Å². The number of aryl methyl sites for hydroxylation is 2. The van der Waals surface area contributed by atoms with Crippen molar-refractivity contribution in [3.8, 4) is 0 Å². The number of nitrogens with one attached hydrogen (secondary N) is 1. The van der Waals surface area contributed by atoms with Gasteiger partial charge in [-0.2, -0.15) is 11.8 Å². The Morgan fingerprint density at radius 1 is 1.06 bits per heavy atom. The highest BCUT2D eigenvalue weighted by Crippen LogP contribution is 2.24. The lowest BCUT2D eigenvalue weighted by Gasteiger charge is -2.23. The van der Waals surface area contributed by atoms with Gasteiger partial charge in [-0.05, 0) is 61.2 Å². The SMILES string of the molecule is Cc1ccc(N(CCCC(=O)NCCSCc2ccc(Cl)c(Cl)c2)S(C)(=O)=O)cc1C. The van der Waals surface area contributed by atoms with E-state index in [1.807, 2.05) is 38.1 Å². The van der Waals surface area contributed by atoms with E-state index < -0.39 is 10.0 Å². The maximum atomic E-state index is 12.2. The Balaban J connectivity index is 1.73. The molecule has 2 aromatic carbocycles. The van der Waals surface area contributed by atoms with Gasteiger partial charge in [-0.1, -0.05) is 35.3 Å². The van der Waals surface area contributed by atoms with Crippen LogP contribution >= 0.6 is 35.0 Å². The first-order valence-electron chi connectivity index (χ1n) is 9.91. The van der Waals surface area contributed by atoms with Gasteiger partial charge in [0.05, 0.1) is 22.0 Å². The molecular formula is C22H28Cl2N2O3S2. The van der Waals surface area contributed by atoms with Gasteiger partial charge in [-0.3, -0.25) is 9.10 Å². The molecule has 9 heteroatoms. The van der Waals surface area contributed by atoms with Crippen LogP contribution in [0.25, 0.3) is 0 Å². The molecule has 5 nitrogen and oxygen atoms in total. The summed E-state index contributed by atoms with van der Waals surface area (Å²) in [5.41, 5.74) is 3.85. The molecule has 0 fully saturated rings. The highest BCUT2D eigenvalue weighted by Gasteiger charge is 2.18. The molecular weight excluding hydrogens is 475 g/mol. The van der Waals surface area contributed by atoms with Gasteiger partial charge in [0.2, 0.25) is 15.9 Å². The van der Waals surface area contributed by atoms with Gasteiger partial charge in [0.1, 0.15) is 0 Å². The van der Waals surface area contributed by atoms with E-state index in [4.69, 9.17) is 23.2 Å². The molecule has 0 spiro atoms. The van der Waals surface area contributed by atoms with Crippen LogP contribution in [0.4, 0.5) is 5.69 Å². The first-order chi connectivity index (χ1) is 14.6. The summed E-state index contributed by atoms with van der Waals surface area (Å²) in [6, 6.07) is 11.1. The van der Waals surface area contributed by atoms with Gasteiger partial charge in [0, 0.05) is 31.0 Å². The highest BCUT2D eigenvalue weighted by atomic mass is 35.5. The fourth-order valence-electron chi connectivity index (χ4n) is 2.92. The van der Waals surface area contributed by atoms with Gasteiger partial charge in [0.25, 0.3) is 0 Å². The van der Waals surface area contributed by atoms with E-state index in [-0.39, 0.29) is 18.9 Å². The molecule has 0 bridgehead atoms. The molecule has 2 rings (SSSR count). The summed E-state index contributed by atoms with van der Waals surface area (Å²) in [5.74, 6) is 1.47. The molecule has 0 radical (unpaired) electrons. The minimum Gasteiger partial charge on any atom is -0.355 e. The summed E-state index contributed by atoms with van der Waals surface area (Å²) < 4.78 is 25.8. The van der Waals surface area contributed by atoms with E-state index in [9.17, 15) is 13.2 Å². The van der Waals surface area contributed by atoms with Crippen molar-refractivity contribution in [3.05, 3.63) is 63.1 Å². The second kappa shape index (κ2) is 12.0. The summed E-state index contributed by atoms with van der Waals surface area (Å²) in [6.07, 6.45) is 1.91. The predicted octanol–water partition coefficient (Wildman–Crippen LogP) is 5.21. The van der Waals surface area contributed by atoms with E-state index >= 15 is 0 Å². The first-order valence-corrected chi connectivity index (χ1v) is 13.7. The zero-order chi connectivity index (χ0) is 23.0. The summed E-state index contributed by atoms with van der Waals surface area (Å²) >= 11 is 13.6. The van der Waals surface area contributed by atoms with Crippen LogP contribution in [-0.2, 0) is 20.6 Å². The smallest absolute Gasteiger partial charge is 0.232 e. The number of rotatable bonds is 11. The zero-order valence-electron chi connectivity index (χ0n) is 18.0. The molecule has 2 aromatic rings. The van der Waals surface area contributed by atoms with Crippen LogP contribution in [0.1, 0.15) is 29.5 Å². The molecule has 0 aliphatic rings. The molecule has 0 aliphatic carbocycles. The maximum absolute atomic E-state index is 12.2. The Bertz CT molecular complexity index is 1010. The van der Waals surface area contributed by atoms with Crippen molar-refractivity contribution in [2.45, 2.75) is 32.4 Å². The van der Waals surface area contributed by atoms with E-state index in [1.165, 1.54) is 10.6 Å². The van der Waals surface area contributed by atoms with E-state index in [0.717, 1.165) is 28.2 Å². The number of benzene rings is 2. The number of sulfonamides is 1. The average molecular weight is 504 g/mol. The number of nitrogens with zero attached hydrogens (tertiary/aromatic N) is 1. The number of anilines is 1. The number of carbonyl (C=O) groups is 1. The monoisotopic (exact) mass is 502 g/mol. The number of carbonyl (C=O) groups excluding carboxylic acids is 1. The van der Waals surface area contributed by atoms with Crippen LogP contribution < -0.4 is 9.62 Å². The van der Waals surface area contributed by atoms with Crippen LogP contribution in [0.2, 0.25) is 10.0 Å². The molecule has 31 heavy (non-hydrogen) atoms. The Hall–Kier alpha value is -1.41. The molecule has 170 valence electrons. The number of thioether (sulfide) groups is 1. The van der Waals surface area contributed by atoms with E-state index in [1.54, 1.807) is 23.9 Å². The molecule has 0 aromatic heterocycles. The number of halogens is 2. The zero-order valence-corrected chi connectivity index (χ0v) is 21.1. The van der Waals surface area contributed by atoms with Crippen molar-refractivity contribution in [2.24, 2.45) is 0 Å². The fraction of sp³-hybridized carbons (Fsp3) is 0.409. The quantitative estimate of drug-likeness (QED) is 0.428. The lowest BCUT2D eigenvalue weighted by atomic mass is 10.1. The molecule has 0 saturated heterocycles. The summed E-state index contributed by atoms with van der Waals surface area (Å²) in [4.78, 5) is 12.1. The normalized spacial score (nSPS) is 11.4. The third-order valence-corrected chi connectivity index (χ3v) is 7.73. The third kappa shape index (κ3) is 8.56. The van der Waals surface area contributed by atoms with Crippen molar-refractivity contribution in [2.75, 3.05) is 29.4 Å². The number of amides is 1. The first kappa shape index (κ1) is 25.8. The Morgan fingerprint density at radius 2 is 1.81 bits per heavy atom. The molecule has 0 atom stereocenters. The van der Waals surface area contributed by atoms with Crippen LogP contribution in [0.15, 0.2) is 36.4 Å². The minimum absolute atomic E-state index is 0.0799. The predicted molar refractivity (Wildman–Crippen MR) is 133 cm³/mol. The van der Waals surface area contributed by atoms with Crippen molar-refractivity contribution in [1.29, 1.82) is 0 Å². The van der Waals surface area contributed by atoms with Gasteiger partial charge >= 0.3 is 0 Å². The lowest BCUT2D eigenvalue weighted by molar-refractivity contribution is -0.121.